The Morgan fingerprint density at radius 2 is 1.69 bits per heavy atom. The lowest BCUT2D eigenvalue weighted by Crippen LogP contribution is -2.36. The van der Waals surface area contributed by atoms with Gasteiger partial charge < -0.3 is 5.32 Å². The maximum atomic E-state index is 14.6. The van der Waals surface area contributed by atoms with E-state index in [-0.39, 0.29) is 15.6 Å². The van der Waals surface area contributed by atoms with Gasteiger partial charge in [0.15, 0.2) is 5.03 Å². The highest BCUT2D eigenvalue weighted by Gasteiger charge is 2.35. The largest absolute Gasteiger partial charge is 0.416 e. The van der Waals surface area contributed by atoms with Gasteiger partial charge in [-0.25, -0.2) is 8.57 Å². The van der Waals surface area contributed by atoms with E-state index in [9.17, 15) is 31.0 Å². The van der Waals surface area contributed by atoms with Crippen molar-refractivity contribution in [2.75, 3.05) is 13.6 Å². The van der Waals surface area contributed by atoms with Crippen LogP contribution in [0.4, 0.5) is 22.0 Å². The lowest BCUT2D eigenvalue weighted by Gasteiger charge is -2.19. The van der Waals surface area contributed by atoms with Gasteiger partial charge in [0.2, 0.25) is 0 Å². The SMILES string of the molecule is CN=[S@](=O)(c1cccc(C(F)(F)F)c1)c1nnc(C)cc1C(=O)NCC(F)(F)c1ccc(Cl)cc1. The van der Waals surface area contributed by atoms with E-state index in [4.69, 9.17) is 11.6 Å². The summed E-state index contributed by atoms with van der Waals surface area (Å²) in [6, 6.07) is 9.50. The molecular weight excluding hydrogens is 515 g/mol. The third-order valence-electron chi connectivity index (χ3n) is 4.86. The molecule has 35 heavy (non-hydrogen) atoms. The Labute approximate surface area is 202 Å². The molecule has 1 aromatic heterocycles. The number of carbonyl (C=O) groups is 1. The average Bonchev–Trinajstić information content (AvgIpc) is 2.82. The van der Waals surface area contributed by atoms with Gasteiger partial charge in [0.05, 0.1) is 28.3 Å². The van der Waals surface area contributed by atoms with Crippen molar-refractivity contribution >= 4 is 27.2 Å². The van der Waals surface area contributed by atoms with Crippen LogP contribution in [0.3, 0.4) is 0 Å². The second-order valence-electron chi connectivity index (χ2n) is 7.33. The number of benzene rings is 2. The number of nitrogens with one attached hydrogen (secondary N) is 1. The van der Waals surface area contributed by atoms with Crippen LogP contribution in [0.1, 0.15) is 27.2 Å². The summed E-state index contributed by atoms with van der Waals surface area (Å²) in [6.45, 7) is 0.327. The minimum atomic E-state index is -4.73. The summed E-state index contributed by atoms with van der Waals surface area (Å²) >= 11 is 5.72. The van der Waals surface area contributed by atoms with Gasteiger partial charge in [-0.1, -0.05) is 29.8 Å². The Hall–Kier alpha value is -3.12. The van der Waals surface area contributed by atoms with Gasteiger partial charge >= 0.3 is 6.18 Å². The summed E-state index contributed by atoms with van der Waals surface area (Å²) in [5.74, 6) is -4.55. The first-order chi connectivity index (χ1) is 16.3. The summed E-state index contributed by atoms with van der Waals surface area (Å²) in [5.41, 5.74) is -1.70. The van der Waals surface area contributed by atoms with E-state index in [2.05, 4.69) is 19.9 Å². The first-order valence-corrected chi connectivity index (χ1v) is 11.8. The summed E-state index contributed by atoms with van der Waals surface area (Å²) in [6.07, 6.45) is -4.73. The fraction of sp³-hybridized carbons (Fsp3) is 0.227. The van der Waals surface area contributed by atoms with Crippen molar-refractivity contribution in [2.45, 2.75) is 28.9 Å². The number of aromatic nitrogens is 2. The van der Waals surface area contributed by atoms with Gasteiger partial charge in [-0.05, 0) is 43.3 Å². The molecule has 1 heterocycles. The lowest BCUT2D eigenvalue weighted by atomic mass is 10.1. The highest BCUT2D eigenvalue weighted by atomic mass is 35.5. The number of carbonyl (C=O) groups excluding carboxylic acids is 1. The highest BCUT2D eigenvalue weighted by Crippen LogP contribution is 2.33. The van der Waals surface area contributed by atoms with E-state index in [0.717, 1.165) is 43.4 Å². The highest BCUT2D eigenvalue weighted by molar-refractivity contribution is 7.93. The van der Waals surface area contributed by atoms with Crippen molar-refractivity contribution in [1.82, 2.24) is 15.5 Å². The van der Waals surface area contributed by atoms with Gasteiger partial charge in [0.25, 0.3) is 11.8 Å². The van der Waals surface area contributed by atoms with Gasteiger partial charge in [0, 0.05) is 17.6 Å². The van der Waals surface area contributed by atoms with Gasteiger partial charge in [-0.15, -0.1) is 5.10 Å². The molecule has 0 aliphatic carbocycles. The predicted octanol–water partition coefficient (Wildman–Crippen LogP) is 5.49. The van der Waals surface area contributed by atoms with Crippen molar-refractivity contribution in [1.29, 1.82) is 0 Å². The monoisotopic (exact) mass is 532 g/mol. The van der Waals surface area contributed by atoms with E-state index in [1.807, 2.05) is 0 Å². The molecule has 0 bridgehead atoms. The molecule has 1 atom stereocenters. The molecule has 2 aromatic carbocycles. The van der Waals surface area contributed by atoms with Gasteiger partial charge in [-0.2, -0.15) is 27.1 Å². The Balaban J connectivity index is 2.00. The second-order valence-corrected chi connectivity index (χ2v) is 10.0. The second kappa shape index (κ2) is 9.86. The molecule has 0 unspecified atom stereocenters. The number of aryl methyl sites for hydroxylation is 1. The Kier molecular flexibility index (Phi) is 7.46. The molecule has 0 fully saturated rings. The van der Waals surface area contributed by atoms with Crippen LogP contribution < -0.4 is 5.32 Å². The number of hydrogen-bond acceptors (Lipinski definition) is 5. The Bertz CT molecular complexity index is 1370. The molecule has 3 aromatic rings. The molecule has 186 valence electrons. The molecule has 6 nitrogen and oxygen atoms in total. The molecule has 1 N–H and O–H groups in total. The zero-order valence-corrected chi connectivity index (χ0v) is 19.8. The van der Waals surface area contributed by atoms with Crippen LogP contribution in [0.15, 0.2) is 68.9 Å². The van der Waals surface area contributed by atoms with Crippen molar-refractivity contribution in [2.24, 2.45) is 4.36 Å². The van der Waals surface area contributed by atoms with Crippen molar-refractivity contribution in [3.63, 3.8) is 0 Å². The minimum absolute atomic E-state index is 0.185. The molecule has 3 rings (SSSR count). The summed E-state index contributed by atoms with van der Waals surface area (Å²) in [7, 11) is -2.80. The number of nitrogens with zero attached hydrogens (tertiary/aromatic N) is 3. The van der Waals surface area contributed by atoms with Crippen LogP contribution in [-0.2, 0) is 21.8 Å². The first-order valence-electron chi connectivity index (χ1n) is 9.87. The van der Waals surface area contributed by atoms with E-state index in [1.165, 1.54) is 19.1 Å². The van der Waals surface area contributed by atoms with Crippen molar-refractivity contribution in [3.05, 3.63) is 82.0 Å². The molecule has 0 spiro atoms. The maximum Gasteiger partial charge on any atom is 0.416 e. The fourth-order valence-corrected chi connectivity index (χ4v) is 4.96. The summed E-state index contributed by atoms with van der Waals surface area (Å²) in [5, 5.41) is 9.28. The third kappa shape index (κ3) is 5.76. The molecule has 0 aliphatic rings. The lowest BCUT2D eigenvalue weighted by molar-refractivity contribution is -0.137. The minimum Gasteiger partial charge on any atom is -0.346 e. The first kappa shape index (κ1) is 26.5. The van der Waals surface area contributed by atoms with E-state index < -0.39 is 56.0 Å². The Morgan fingerprint density at radius 3 is 2.29 bits per heavy atom. The molecule has 1 amide bonds. The van der Waals surface area contributed by atoms with Crippen molar-refractivity contribution < 1.29 is 31.0 Å². The average molecular weight is 533 g/mol. The summed E-state index contributed by atoms with van der Waals surface area (Å²) in [4.78, 5) is 12.5. The van der Waals surface area contributed by atoms with E-state index in [1.54, 1.807) is 0 Å². The molecule has 13 heteroatoms. The smallest absolute Gasteiger partial charge is 0.346 e. The zero-order valence-electron chi connectivity index (χ0n) is 18.2. The van der Waals surface area contributed by atoms with Crippen LogP contribution in [0.25, 0.3) is 0 Å². The number of halogens is 6. The van der Waals surface area contributed by atoms with Gasteiger partial charge in [-0.3, -0.25) is 4.79 Å². The standard InChI is InChI=1S/C22H18ClF5N4O2S/c1-13-10-18(19(33)30-12-21(24,25)14-6-8-16(23)9-7-14)20(32-31-13)35(34,29-2)17-5-3-4-15(11-17)22(26,27)28/h3-11H,12H2,1-2H3,(H,30,33)/t35-/m0/s1. The quantitative estimate of drug-likeness (QED) is 0.425. The van der Waals surface area contributed by atoms with Crippen LogP contribution in [0, 0.1) is 6.92 Å². The molecule has 0 saturated carbocycles. The zero-order chi connectivity index (χ0) is 26.0. The fourth-order valence-electron chi connectivity index (χ4n) is 3.08. The van der Waals surface area contributed by atoms with E-state index >= 15 is 0 Å². The molecule has 0 saturated heterocycles. The Morgan fingerprint density at radius 1 is 1.03 bits per heavy atom. The number of rotatable bonds is 6. The summed E-state index contributed by atoms with van der Waals surface area (Å²) < 4.78 is 86.3. The topological polar surface area (TPSA) is 84.3 Å². The maximum absolute atomic E-state index is 14.6. The van der Waals surface area contributed by atoms with E-state index in [0.29, 0.717) is 6.07 Å². The molecular formula is C22H18ClF5N4O2S. The van der Waals surface area contributed by atoms with Crippen LogP contribution in [0.5, 0.6) is 0 Å². The molecule has 0 radical (unpaired) electrons. The van der Waals surface area contributed by atoms with Gasteiger partial charge in [0.1, 0.15) is 9.73 Å². The number of hydrogen-bond donors (Lipinski definition) is 1. The van der Waals surface area contributed by atoms with Crippen molar-refractivity contribution in [3.8, 4) is 0 Å². The van der Waals surface area contributed by atoms with Crippen LogP contribution >= 0.6 is 11.6 Å². The number of alkyl halides is 5. The third-order valence-corrected chi connectivity index (χ3v) is 7.35. The normalized spacial score (nSPS) is 13.7. The molecule has 0 aliphatic heterocycles. The predicted molar refractivity (Wildman–Crippen MR) is 119 cm³/mol. The van der Waals surface area contributed by atoms with Crippen LogP contribution in [0.2, 0.25) is 5.02 Å². The number of amides is 1. The van der Waals surface area contributed by atoms with Crippen LogP contribution in [-0.4, -0.2) is 33.9 Å².